The quantitative estimate of drug-likeness (QED) is 0.820. The Hall–Kier alpha value is -0.580. The molecule has 0 spiro atoms. The summed E-state index contributed by atoms with van der Waals surface area (Å²) in [4.78, 5) is 1.10. The van der Waals surface area contributed by atoms with Gasteiger partial charge in [0.05, 0.1) is 12.7 Å². The van der Waals surface area contributed by atoms with E-state index < -0.39 is 0 Å². The molecular formula is C12H16FNOS. The van der Waals surface area contributed by atoms with Gasteiger partial charge in [0.1, 0.15) is 5.82 Å². The van der Waals surface area contributed by atoms with Gasteiger partial charge in [-0.1, -0.05) is 0 Å². The van der Waals surface area contributed by atoms with E-state index >= 15 is 0 Å². The number of rotatable bonds is 3. The number of nitrogens with one attached hydrogen (secondary N) is 1. The second-order valence-corrected chi connectivity index (χ2v) is 5.01. The Morgan fingerprint density at radius 1 is 1.56 bits per heavy atom. The van der Waals surface area contributed by atoms with E-state index in [4.69, 9.17) is 4.74 Å². The molecule has 1 aliphatic rings. The Balaban J connectivity index is 1.86. The van der Waals surface area contributed by atoms with Crippen molar-refractivity contribution in [3.05, 3.63) is 29.6 Å². The Morgan fingerprint density at radius 3 is 3.12 bits per heavy atom. The number of aryl methyl sites for hydroxylation is 1. The van der Waals surface area contributed by atoms with Crippen molar-refractivity contribution in [3.8, 4) is 0 Å². The van der Waals surface area contributed by atoms with E-state index in [1.54, 1.807) is 18.7 Å². The van der Waals surface area contributed by atoms with Crippen molar-refractivity contribution in [2.24, 2.45) is 0 Å². The van der Waals surface area contributed by atoms with Gasteiger partial charge < -0.3 is 10.1 Å². The molecule has 0 amide bonds. The van der Waals surface area contributed by atoms with Crippen molar-refractivity contribution in [1.82, 2.24) is 5.32 Å². The molecule has 1 saturated heterocycles. The van der Waals surface area contributed by atoms with Gasteiger partial charge in [0.25, 0.3) is 0 Å². The lowest BCUT2D eigenvalue weighted by molar-refractivity contribution is 0.0441. The summed E-state index contributed by atoms with van der Waals surface area (Å²) in [5, 5.41) is 3.29. The Morgan fingerprint density at radius 2 is 2.44 bits per heavy atom. The van der Waals surface area contributed by atoms with E-state index in [-0.39, 0.29) is 11.9 Å². The number of morpholine rings is 1. The highest BCUT2D eigenvalue weighted by atomic mass is 32.2. The highest BCUT2D eigenvalue weighted by molar-refractivity contribution is 7.99. The third kappa shape index (κ3) is 3.20. The van der Waals surface area contributed by atoms with Crippen molar-refractivity contribution < 1.29 is 9.13 Å². The first-order chi connectivity index (χ1) is 7.75. The molecule has 1 heterocycles. The molecule has 1 aliphatic heterocycles. The molecule has 0 aromatic heterocycles. The standard InChI is InChI=1S/C12H16FNOS/c1-9-6-11(2-3-12(9)13)16-8-10-7-14-4-5-15-10/h2-3,6,10,14H,4-5,7-8H2,1H3. The third-order valence-electron chi connectivity index (χ3n) is 2.57. The van der Waals surface area contributed by atoms with Crippen LogP contribution in [0.2, 0.25) is 0 Å². The molecule has 16 heavy (non-hydrogen) atoms. The first-order valence-corrected chi connectivity index (χ1v) is 6.45. The van der Waals surface area contributed by atoms with Crippen LogP contribution in [0.3, 0.4) is 0 Å². The lowest BCUT2D eigenvalue weighted by atomic mass is 10.2. The molecular weight excluding hydrogens is 225 g/mol. The molecule has 4 heteroatoms. The molecule has 0 radical (unpaired) electrons. The molecule has 1 fully saturated rings. The second-order valence-electron chi connectivity index (χ2n) is 3.92. The molecule has 0 bridgehead atoms. The van der Waals surface area contributed by atoms with Crippen LogP contribution in [0.25, 0.3) is 0 Å². The number of hydrogen-bond donors (Lipinski definition) is 1. The zero-order valence-electron chi connectivity index (χ0n) is 9.33. The normalized spacial score (nSPS) is 21.0. The number of thioether (sulfide) groups is 1. The van der Waals surface area contributed by atoms with Crippen LogP contribution in [0.5, 0.6) is 0 Å². The van der Waals surface area contributed by atoms with Crippen molar-refractivity contribution >= 4 is 11.8 Å². The number of halogens is 1. The van der Waals surface area contributed by atoms with Gasteiger partial charge in [-0.05, 0) is 30.7 Å². The first kappa shape index (κ1) is 11.9. The van der Waals surface area contributed by atoms with Gasteiger partial charge in [-0.25, -0.2) is 4.39 Å². The molecule has 88 valence electrons. The summed E-state index contributed by atoms with van der Waals surface area (Å²) >= 11 is 1.72. The molecule has 2 nitrogen and oxygen atoms in total. The summed E-state index contributed by atoms with van der Waals surface area (Å²) in [5.74, 6) is 0.776. The average molecular weight is 241 g/mol. The van der Waals surface area contributed by atoms with Crippen molar-refractivity contribution in [2.75, 3.05) is 25.4 Å². The molecule has 0 aliphatic carbocycles. The molecule has 2 rings (SSSR count). The predicted octanol–water partition coefficient (Wildman–Crippen LogP) is 2.21. The monoisotopic (exact) mass is 241 g/mol. The van der Waals surface area contributed by atoms with Gasteiger partial charge >= 0.3 is 0 Å². The van der Waals surface area contributed by atoms with Gasteiger partial charge in [-0.15, -0.1) is 11.8 Å². The van der Waals surface area contributed by atoms with Gasteiger partial charge in [0.15, 0.2) is 0 Å². The average Bonchev–Trinajstić information content (AvgIpc) is 2.32. The highest BCUT2D eigenvalue weighted by Gasteiger charge is 2.13. The van der Waals surface area contributed by atoms with E-state index in [1.807, 2.05) is 12.1 Å². The van der Waals surface area contributed by atoms with Crippen LogP contribution in [0.15, 0.2) is 23.1 Å². The van der Waals surface area contributed by atoms with Gasteiger partial charge in [-0.2, -0.15) is 0 Å². The lowest BCUT2D eigenvalue weighted by Crippen LogP contribution is -2.39. The minimum Gasteiger partial charge on any atom is -0.375 e. The fourth-order valence-corrected chi connectivity index (χ4v) is 2.64. The van der Waals surface area contributed by atoms with Crippen molar-refractivity contribution in [2.45, 2.75) is 17.9 Å². The predicted molar refractivity (Wildman–Crippen MR) is 64.5 cm³/mol. The van der Waals surface area contributed by atoms with Crippen LogP contribution in [0.4, 0.5) is 4.39 Å². The van der Waals surface area contributed by atoms with E-state index in [0.717, 1.165) is 30.3 Å². The number of ether oxygens (including phenoxy) is 1. The second kappa shape index (κ2) is 5.66. The van der Waals surface area contributed by atoms with Crippen LogP contribution in [-0.4, -0.2) is 31.6 Å². The maximum atomic E-state index is 13.0. The summed E-state index contributed by atoms with van der Waals surface area (Å²) in [6.07, 6.45) is 0.268. The van der Waals surface area contributed by atoms with Crippen molar-refractivity contribution in [1.29, 1.82) is 0 Å². The van der Waals surface area contributed by atoms with Crippen molar-refractivity contribution in [3.63, 3.8) is 0 Å². The molecule has 1 unspecified atom stereocenters. The summed E-state index contributed by atoms with van der Waals surface area (Å²) in [5.41, 5.74) is 0.702. The maximum absolute atomic E-state index is 13.0. The minimum absolute atomic E-state index is 0.139. The first-order valence-electron chi connectivity index (χ1n) is 5.47. The van der Waals surface area contributed by atoms with Crippen LogP contribution >= 0.6 is 11.8 Å². The zero-order valence-corrected chi connectivity index (χ0v) is 10.1. The number of benzene rings is 1. The SMILES string of the molecule is Cc1cc(SCC2CNCCO2)ccc1F. The van der Waals surface area contributed by atoms with Crippen LogP contribution < -0.4 is 5.32 Å². The molecule has 0 saturated carbocycles. The van der Waals surface area contributed by atoms with Gasteiger partial charge in [-0.3, -0.25) is 0 Å². The van der Waals surface area contributed by atoms with Gasteiger partial charge in [0, 0.05) is 23.7 Å². The van der Waals surface area contributed by atoms with Crippen LogP contribution in [0.1, 0.15) is 5.56 Å². The van der Waals surface area contributed by atoms with E-state index in [2.05, 4.69) is 5.32 Å². The lowest BCUT2D eigenvalue weighted by Gasteiger charge is -2.23. The Kier molecular flexibility index (Phi) is 4.21. The largest absolute Gasteiger partial charge is 0.375 e. The molecule has 1 aromatic carbocycles. The zero-order chi connectivity index (χ0) is 11.4. The smallest absolute Gasteiger partial charge is 0.126 e. The van der Waals surface area contributed by atoms with E-state index in [0.29, 0.717) is 5.56 Å². The van der Waals surface area contributed by atoms with Crippen LogP contribution in [-0.2, 0) is 4.74 Å². The fraction of sp³-hybridized carbons (Fsp3) is 0.500. The maximum Gasteiger partial charge on any atom is 0.126 e. The third-order valence-corrected chi connectivity index (χ3v) is 3.70. The minimum atomic E-state index is -0.139. The Bertz CT molecular complexity index is 353. The molecule has 1 N–H and O–H groups in total. The Labute approximate surface area is 99.6 Å². The number of hydrogen-bond acceptors (Lipinski definition) is 3. The molecule has 1 aromatic rings. The van der Waals surface area contributed by atoms with E-state index in [1.165, 1.54) is 6.07 Å². The summed E-state index contributed by atoms with van der Waals surface area (Å²) in [6.45, 7) is 4.43. The molecule has 1 atom stereocenters. The topological polar surface area (TPSA) is 21.3 Å². The fourth-order valence-electron chi connectivity index (χ4n) is 1.62. The van der Waals surface area contributed by atoms with Crippen LogP contribution in [0, 0.1) is 12.7 Å². The van der Waals surface area contributed by atoms with E-state index in [9.17, 15) is 4.39 Å². The summed E-state index contributed by atoms with van der Waals surface area (Å²) < 4.78 is 18.6. The summed E-state index contributed by atoms with van der Waals surface area (Å²) in [7, 11) is 0. The van der Waals surface area contributed by atoms with Gasteiger partial charge in [0.2, 0.25) is 0 Å². The summed E-state index contributed by atoms with van der Waals surface area (Å²) in [6, 6.07) is 5.23. The highest BCUT2D eigenvalue weighted by Crippen LogP contribution is 2.22.